The first-order valence-electron chi connectivity index (χ1n) is 10.3. The second-order valence-corrected chi connectivity index (χ2v) is 6.61. The number of carboxylic acids is 4. The molecule has 0 spiro atoms. The maximum absolute atomic E-state index is 10.1. The van der Waals surface area contributed by atoms with E-state index in [1.807, 2.05) is 0 Å². The molecular weight excluding hydrogens is 512 g/mol. The van der Waals surface area contributed by atoms with Crippen molar-refractivity contribution in [2.75, 3.05) is 0 Å². The number of hydrogen-bond donors (Lipinski definition) is 0. The molecule has 0 atom stereocenters. The van der Waals surface area contributed by atoms with Crippen LogP contribution in [0.3, 0.4) is 0 Å². The number of aromatic carboxylic acids is 4. The van der Waals surface area contributed by atoms with Gasteiger partial charge in [-0.2, -0.15) is 0 Å². The number of carbonyl (C=O) groups is 4. The zero-order valence-corrected chi connectivity index (χ0v) is 20.9. The molecule has 0 aromatic heterocycles. The first-order chi connectivity index (χ1) is 17.2. The maximum atomic E-state index is 10.1. The van der Waals surface area contributed by atoms with E-state index in [-0.39, 0.29) is 44.0 Å². The molecule has 0 aliphatic carbocycles. The minimum Gasteiger partial charge on any atom is -0.545 e. The Kier molecular flexibility index (Phi) is 16.5. The average molecular weight is 532 g/mol. The molecule has 0 fully saturated rings. The largest absolute Gasteiger partial charge is 4.00 e. The molecule has 0 heterocycles. The molecule has 0 aliphatic rings. The Hall–Kier alpha value is -4.53. The number of carboxylic acid groups (broad SMARTS) is 4. The Balaban J connectivity index is 0.000000463. The van der Waals surface area contributed by atoms with Crippen molar-refractivity contribution in [1.29, 1.82) is 0 Å². The summed E-state index contributed by atoms with van der Waals surface area (Å²) in [7, 11) is 0. The molecular formula is C28H20O8Ti. The third kappa shape index (κ3) is 14.5. The van der Waals surface area contributed by atoms with Crippen LogP contribution in [0.4, 0.5) is 0 Å². The zero-order valence-electron chi connectivity index (χ0n) is 19.3. The van der Waals surface area contributed by atoms with Gasteiger partial charge in [-0.15, -0.1) is 0 Å². The van der Waals surface area contributed by atoms with Crippen molar-refractivity contribution >= 4 is 23.9 Å². The Morgan fingerprint density at radius 1 is 0.324 bits per heavy atom. The second kappa shape index (κ2) is 18.8. The van der Waals surface area contributed by atoms with E-state index in [0.717, 1.165) is 0 Å². The van der Waals surface area contributed by atoms with E-state index >= 15 is 0 Å². The van der Waals surface area contributed by atoms with Crippen molar-refractivity contribution < 1.29 is 61.3 Å². The monoisotopic (exact) mass is 532 g/mol. The minimum absolute atomic E-state index is 0. The number of rotatable bonds is 4. The van der Waals surface area contributed by atoms with Crippen molar-refractivity contribution in [1.82, 2.24) is 0 Å². The molecule has 0 aliphatic heterocycles. The van der Waals surface area contributed by atoms with Gasteiger partial charge in [0.2, 0.25) is 0 Å². The molecule has 184 valence electrons. The normalized spacial score (nSPS) is 8.65. The van der Waals surface area contributed by atoms with Crippen LogP contribution in [0.1, 0.15) is 41.4 Å². The van der Waals surface area contributed by atoms with E-state index in [2.05, 4.69) is 0 Å². The smallest absolute Gasteiger partial charge is 0.545 e. The maximum Gasteiger partial charge on any atom is 4.00 e. The van der Waals surface area contributed by atoms with Gasteiger partial charge in [0.25, 0.3) is 0 Å². The fourth-order valence-corrected chi connectivity index (χ4v) is 2.30. The topological polar surface area (TPSA) is 161 Å². The van der Waals surface area contributed by atoms with E-state index in [1.54, 1.807) is 72.8 Å². The van der Waals surface area contributed by atoms with E-state index in [0.29, 0.717) is 0 Å². The predicted octanol–water partition coefficient (Wildman–Crippen LogP) is 0.198. The van der Waals surface area contributed by atoms with Gasteiger partial charge in [-0.25, -0.2) is 0 Å². The molecule has 0 amide bonds. The van der Waals surface area contributed by atoms with Crippen LogP contribution in [0.15, 0.2) is 121 Å². The molecule has 4 aromatic rings. The van der Waals surface area contributed by atoms with Crippen LogP contribution in [-0.2, 0) is 21.7 Å². The standard InChI is InChI=1S/4C7H6O2.Ti/c4*8-7(9)6-4-2-1-3-5-6;/h4*1-5H,(H,8,9);/q;;;;+4/p-4. The summed E-state index contributed by atoms with van der Waals surface area (Å²) in [4.78, 5) is 40.4. The summed E-state index contributed by atoms with van der Waals surface area (Å²) in [6, 6.07) is 32.3. The first kappa shape index (κ1) is 32.5. The Morgan fingerprint density at radius 3 is 0.541 bits per heavy atom. The SMILES string of the molecule is O=C([O-])c1ccccc1.O=C([O-])c1ccccc1.O=C([O-])c1ccccc1.O=C([O-])c1ccccc1.[Ti+4]. The Morgan fingerprint density at radius 2 is 0.459 bits per heavy atom. The van der Waals surface area contributed by atoms with Crippen molar-refractivity contribution in [3.63, 3.8) is 0 Å². The Bertz CT molecular complexity index is 1020. The van der Waals surface area contributed by atoms with E-state index < -0.39 is 23.9 Å². The number of hydrogen-bond acceptors (Lipinski definition) is 8. The molecule has 4 rings (SSSR count). The van der Waals surface area contributed by atoms with Gasteiger partial charge < -0.3 is 39.6 Å². The van der Waals surface area contributed by atoms with Gasteiger partial charge in [0.1, 0.15) is 0 Å². The van der Waals surface area contributed by atoms with Gasteiger partial charge in [0, 0.05) is 0 Å². The van der Waals surface area contributed by atoms with E-state index in [1.165, 1.54) is 48.5 Å². The molecule has 4 aromatic carbocycles. The quantitative estimate of drug-likeness (QED) is 0.337. The first-order valence-corrected chi connectivity index (χ1v) is 10.3. The van der Waals surface area contributed by atoms with Crippen LogP contribution in [0.25, 0.3) is 0 Å². The third-order valence-corrected chi connectivity index (χ3v) is 4.04. The average Bonchev–Trinajstić information content (AvgIpc) is 2.92. The van der Waals surface area contributed by atoms with Gasteiger partial charge in [-0.3, -0.25) is 0 Å². The van der Waals surface area contributed by atoms with Crippen LogP contribution >= 0.6 is 0 Å². The molecule has 0 saturated heterocycles. The van der Waals surface area contributed by atoms with Gasteiger partial charge >= 0.3 is 21.7 Å². The summed E-state index contributed by atoms with van der Waals surface area (Å²) in [5.74, 6) is -4.52. The molecule has 8 nitrogen and oxygen atoms in total. The van der Waals surface area contributed by atoms with Crippen molar-refractivity contribution in [3.05, 3.63) is 144 Å². The fourth-order valence-electron chi connectivity index (χ4n) is 2.30. The molecule has 0 saturated carbocycles. The van der Waals surface area contributed by atoms with Crippen molar-refractivity contribution in [2.24, 2.45) is 0 Å². The molecule has 0 unspecified atom stereocenters. The summed E-state index contributed by atoms with van der Waals surface area (Å²) in [5, 5.41) is 40.4. The van der Waals surface area contributed by atoms with Crippen LogP contribution in [0.5, 0.6) is 0 Å². The van der Waals surface area contributed by atoms with Gasteiger partial charge in [-0.1, -0.05) is 121 Å². The van der Waals surface area contributed by atoms with Gasteiger partial charge in [0.05, 0.1) is 23.9 Å². The fraction of sp³-hybridized carbons (Fsp3) is 0. The van der Waals surface area contributed by atoms with Crippen LogP contribution in [0, 0.1) is 0 Å². The van der Waals surface area contributed by atoms with E-state index in [4.69, 9.17) is 0 Å². The van der Waals surface area contributed by atoms with E-state index in [9.17, 15) is 39.6 Å². The minimum atomic E-state index is -1.13. The number of carbonyl (C=O) groups excluding carboxylic acids is 4. The van der Waals surface area contributed by atoms with Crippen LogP contribution < -0.4 is 20.4 Å². The summed E-state index contributed by atoms with van der Waals surface area (Å²) >= 11 is 0. The number of benzene rings is 4. The molecule has 0 radical (unpaired) electrons. The Labute approximate surface area is 228 Å². The van der Waals surface area contributed by atoms with Crippen LogP contribution in [-0.4, -0.2) is 23.9 Å². The molecule has 0 N–H and O–H groups in total. The summed E-state index contributed by atoms with van der Waals surface area (Å²) in [5.41, 5.74) is 0.880. The van der Waals surface area contributed by atoms with Gasteiger partial charge in [-0.05, 0) is 22.3 Å². The molecule has 37 heavy (non-hydrogen) atoms. The van der Waals surface area contributed by atoms with Crippen LogP contribution in [0.2, 0.25) is 0 Å². The predicted molar refractivity (Wildman–Crippen MR) is 123 cm³/mol. The summed E-state index contributed by atoms with van der Waals surface area (Å²) < 4.78 is 0. The molecule has 0 bridgehead atoms. The zero-order chi connectivity index (χ0) is 26.8. The summed E-state index contributed by atoms with van der Waals surface area (Å²) in [6.45, 7) is 0. The third-order valence-electron chi connectivity index (χ3n) is 4.04. The second-order valence-electron chi connectivity index (χ2n) is 6.61. The molecule has 9 heteroatoms. The van der Waals surface area contributed by atoms with Crippen molar-refractivity contribution in [2.45, 2.75) is 0 Å². The summed E-state index contributed by atoms with van der Waals surface area (Å²) in [6.07, 6.45) is 0. The van der Waals surface area contributed by atoms with Gasteiger partial charge in [0.15, 0.2) is 0 Å². The van der Waals surface area contributed by atoms with Crippen molar-refractivity contribution in [3.8, 4) is 0 Å².